The van der Waals surface area contributed by atoms with E-state index in [9.17, 15) is 9.59 Å². The zero-order valence-corrected chi connectivity index (χ0v) is 16.7. The number of hydrogen-bond donors (Lipinski definition) is 2. The Hall–Kier alpha value is -2.09. The normalized spacial score (nSPS) is 10.5. The minimum absolute atomic E-state index is 0.0535. The van der Waals surface area contributed by atoms with Crippen molar-refractivity contribution < 1.29 is 14.3 Å². The minimum Gasteiger partial charge on any atom is -0.497 e. The smallest absolute Gasteiger partial charge is 0.238 e. The highest BCUT2D eigenvalue weighted by Crippen LogP contribution is 2.25. The summed E-state index contributed by atoms with van der Waals surface area (Å²) in [5.74, 6) is 0.169. The number of nitrogens with zero attached hydrogens (tertiary/aromatic N) is 1. The number of anilines is 2. The molecule has 0 bridgehead atoms. The van der Waals surface area contributed by atoms with E-state index in [2.05, 4.69) is 26.6 Å². The first kappa shape index (κ1) is 20.2. The summed E-state index contributed by atoms with van der Waals surface area (Å²) >= 11 is 9.39. The van der Waals surface area contributed by atoms with Crippen LogP contribution in [0.2, 0.25) is 5.02 Å². The second kappa shape index (κ2) is 9.56. The fourth-order valence-electron chi connectivity index (χ4n) is 2.23. The molecule has 2 aromatic rings. The molecule has 0 spiro atoms. The summed E-state index contributed by atoms with van der Waals surface area (Å²) < 4.78 is 5.94. The van der Waals surface area contributed by atoms with Gasteiger partial charge in [-0.15, -0.1) is 0 Å². The van der Waals surface area contributed by atoms with Crippen molar-refractivity contribution in [3.8, 4) is 5.75 Å². The van der Waals surface area contributed by atoms with Gasteiger partial charge in [0.1, 0.15) is 5.75 Å². The van der Waals surface area contributed by atoms with E-state index >= 15 is 0 Å². The SMILES string of the molecule is COc1cccc(NC(=O)CN(C)CC(=O)Nc2ccc(Br)cc2Cl)c1. The highest BCUT2D eigenvalue weighted by molar-refractivity contribution is 9.10. The summed E-state index contributed by atoms with van der Waals surface area (Å²) in [6, 6.07) is 12.3. The van der Waals surface area contributed by atoms with Gasteiger partial charge in [0.25, 0.3) is 0 Å². The molecule has 2 rings (SSSR count). The van der Waals surface area contributed by atoms with Gasteiger partial charge in [0, 0.05) is 16.2 Å². The maximum absolute atomic E-state index is 12.1. The number of nitrogens with one attached hydrogen (secondary N) is 2. The third kappa shape index (κ3) is 6.33. The van der Waals surface area contributed by atoms with Gasteiger partial charge in [0.05, 0.1) is 30.9 Å². The Labute approximate surface area is 165 Å². The third-order valence-corrected chi connectivity index (χ3v) is 4.19. The van der Waals surface area contributed by atoms with E-state index in [1.165, 1.54) is 0 Å². The summed E-state index contributed by atoms with van der Waals surface area (Å²) in [4.78, 5) is 25.8. The molecule has 2 amide bonds. The summed E-state index contributed by atoms with van der Waals surface area (Å²) in [6.07, 6.45) is 0. The van der Waals surface area contributed by atoms with E-state index in [-0.39, 0.29) is 24.9 Å². The van der Waals surface area contributed by atoms with Crippen LogP contribution in [0.4, 0.5) is 11.4 Å². The summed E-state index contributed by atoms with van der Waals surface area (Å²) in [7, 11) is 3.25. The first-order valence-electron chi connectivity index (χ1n) is 7.74. The van der Waals surface area contributed by atoms with Gasteiger partial charge in [0.2, 0.25) is 11.8 Å². The molecule has 0 heterocycles. The van der Waals surface area contributed by atoms with Crippen molar-refractivity contribution in [2.75, 3.05) is 37.9 Å². The van der Waals surface area contributed by atoms with Gasteiger partial charge >= 0.3 is 0 Å². The van der Waals surface area contributed by atoms with Gasteiger partial charge in [-0.1, -0.05) is 33.6 Å². The Balaban J connectivity index is 1.84. The molecule has 0 aromatic heterocycles. The molecular weight excluding hydrogens is 422 g/mol. The zero-order valence-electron chi connectivity index (χ0n) is 14.4. The number of benzene rings is 2. The maximum Gasteiger partial charge on any atom is 0.238 e. The van der Waals surface area contributed by atoms with Gasteiger partial charge in [-0.2, -0.15) is 0 Å². The van der Waals surface area contributed by atoms with Crippen LogP contribution in [-0.2, 0) is 9.59 Å². The number of likely N-dealkylation sites (N-methyl/N-ethyl adjacent to an activating group) is 1. The quantitative estimate of drug-likeness (QED) is 0.690. The van der Waals surface area contributed by atoms with Crippen LogP contribution in [0.3, 0.4) is 0 Å². The van der Waals surface area contributed by atoms with Crippen molar-refractivity contribution in [1.82, 2.24) is 4.90 Å². The molecule has 0 aliphatic rings. The highest BCUT2D eigenvalue weighted by atomic mass is 79.9. The molecule has 0 radical (unpaired) electrons. The second-order valence-electron chi connectivity index (χ2n) is 5.62. The number of ether oxygens (including phenoxy) is 1. The number of methoxy groups -OCH3 is 1. The fraction of sp³-hybridized carbons (Fsp3) is 0.222. The molecule has 0 saturated carbocycles. The number of carbonyl (C=O) groups excluding carboxylic acids is 2. The predicted molar refractivity (Wildman–Crippen MR) is 107 cm³/mol. The topological polar surface area (TPSA) is 70.7 Å². The second-order valence-corrected chi connectivity index (χ2v) is 6.95. The molecule has 0 aliphatic carbocycles. The van der Waals surface area contributed by atoms with Crippen molar-refractivity contribution in [2.45, 2.75) is 0 Å². The molecule has 2 aromatic carbocycles. The summed E-state index contributed by atoms with van der Waals surface area (Å²) in [6.45, 7) is 0.122. The van der Waals surface area contributed by atoms with E-state index in [4.69, 9.17) is 16.3 Å². The number of rotatable bonds is 7. The lowest BCUT2D eigenvalue weighted by Crippen LogP contribution is -2.36. The lowest BCUT2D eigenvalue weighted by molar-refractivity contribution is -0.119. The third-order valence-electron chi connectivity index (χ3n) is 3.39. The lowest BCUT2D eigenvalue weighted by Gasteiger charge is -2.16. The molecule has 6 nitrogen and oxygen atoms in total. The Morgan fingerprint density at radius 3 is 2.46 bits per heavy atom. The molecule has 0 aliphatic heterocycles. The zero-order chi connectivity index (χ0) is 19.1. The Bertz CT molecular complexity index is 801. The Morgan fingerprint density at radius 1 is 1.12 bits per heavy atom. The summed E-state index contributed by atoms with van der Waals surface area (Å²) in [5, 5.41) is 5.93. The van der Waals surface area contributed by atoms with Gasteiger partial charge in [-0.3, -0.25) is 14.5 Å². The van der Waals surface area contributed by atoms with Crippen LogP contribution in [0.1, 0.15) is 0 Å². The van der Waals surface area contributed by atoms with Crippen molar-refractivity contribution in [1.29, 1.82) is 0 Å². The van der Waals surface area contributed by atoms with E-state index in [0.29, 0.717) is 22.1 Å². The molecule has 138 valence electrons. The Kier molecular flexibility index (Phi) is 7.44. The fourth-order valence-corrected chi connectivity index (χ4v) is 2.95. The van der Waals surface area contributed by atoms with Crippen molar-refractivity contribution >= 4 is 50.7 Å². The maximum atomic E-state index is 12.1. The van der Waals surface area contributed by atoms with Crippen molar-refractivity contribution in [3.05, 3.63) is 52.0 Å². The molecule has 0 unspecified atom stereocenters. The molecular formula is C18H19BrClN3O3. The molecule has 0 saturated heterocycles. The van der Waals surface area contributed by atoms with Crippen LogP contribution in [0.5, 0.6) is 5.75 Å². The van der Waals surface area contributed by atoms with E-state index < -0.39 is 0 Å². The van der Waals surface area contributed by atoms with E-state index in [1.807, 2.05) is 0 Å². The number of halogens is 2. The number of carbonyl (C=O) groups is 2. The minimum atomic E-state index is -0.258. The van der Waals surface area contributed by atoms with E-state index in [1.54, 1.807) is 61.5 Å². The standard InChI is InChI=1S/C18H19BrClN3O3/c1-23(10-17(24)21-13-4-3-5-14(9-13)26-2)11-18(25)22-16-7-6-12(19)8-15(16)20/h3-9H,10-11H2,1-2H3,(H,21,24)(H,22,25). The van der Waals surface area contributed by atoms with Crippen LogP contribution in [0, 0.1) is 0 Å². The van der Waals surface area contributed by atoms with Crippen molar-refractivity contribution in [3.63, 3.8) is 0 Å². The molecule has 2 N–H and O–H groups in total. The summed E-state index contributed by atoms with van der Waals surface area (Å²) in [5.41, 5.74) is 1.16. The molecule has 26 heavy (non-hydrogen) atoms. The van der Waals surface area contributed by atoms with Crippen LogP contribution in [0.25, 0.3) is 0 Å². The average Bonchev–Trinajstić information content (AvgIpc) is 2.57. The average molecular weight is 441 g/mol. The number of hydrogen-bond acceptors (Lipinski definition) is 4. The lowest BCUT2D eigenvalue weighted by atomic mass is 10.3. The van der Waals surface area contributed by atoms with Gasteiger partial charge in [-0.25, -0.2) is 0 Å². The molecule has 8 heteroatoms. The van der Waals surface area contributed by atoms with Crippen LogP contribution in [0.15, 0.2) is 46.9 Å². The largest absolute Gasteiger partial charge is 0.497 e. The molecule has 0 atom stereocenters. The monoisotopic (exact) mass is 439 g/mol. The predicted octanol–water partition coefficient (Wildman–Crippen LogP) is 3.62. The van der Waals surface area contributed by atoms with Crippen LogP contribution >= 0.6 is 27.5 Å². The molecule has 0 fully saturated rings. The first-order valence-corrected chi connectivity index (χ1v) is 8.92. The van der Waals surface area contributed by atoms with Crippen LogP contribution < -0.4 is 15.4 Å². The van der Waals surface area contributed by atoms with E-state index in [0.717, 1.165) is 4.47 Å². The van der Waals surface area contributed by atoms with Crippen molar-refractivity contribution in [2.24, 2.45) is 0 Å². The number of amides is 2. The van der Waals surface area contributed by atoms with Gasteiger partial charge < -0.3 is 15.4 Å². The first-order chi connectivity index (χ1) is 12.4. The van der Waals surface area contributed by atoms with Gasteiger partial charge in [0.15, 0.2) is 0 Å². The van der Waals surface area contributed by atoms with Crippen LogP contribution in [-0.4, -0.2) is 44.0 Å². The van der Waals surface area contributed by atoms with Gasteiger partial charge in [-0.05, 0) is 37.4 Å². The highest BCUT2D eigenvalue weighted by Gasteiger charge is 2.12. The Morgan fingerprint density at radius 2 is 1.81 bits per heavy atom.